The summed E-state index contributed by atoms with van der Waals surface area (Å²) in [5.74, 6) is 1.55. The fourth-order valence-corrected chi connectivity index (χ4v) is 3.29. The van der Waals surface area contributed by atoms with Gasteiger partial charge < -0.3 is 9.51 Å². The molecular formula is C20H20ClN3O. The third-order valence-corrected chi connectivity index (χ3v) is 4.64. The third-order valence-electron chi connectivity index (χ3n) is 4.27. The lowest BCUT2D eigenvalue weighted by Crippen LogP contribution is -1.91. The number of hydrogen-bond acceptors (Lipinski definition) is 3. The number of aromatic amines is 1. The van der Waals surface area contributed by atoms with Crippen LogP contribution in [-0.4, -0.2) is 16.9 Å². The van der Waals surface area contributed by atoms with Crippen molar-refractivity contribution in [2.24, 2.45) is 4.99 Å². The maximum absolute atomic E-state index is 6.31. The molecule has 0 unspecified atom stereocenters. The lowest BCUT2D eigenvalue weighted by molar-refractivity contribution is 0.393. The number of rotatable bonds is 5. The predicted octanol–water partition coefficient (Wildman–Crippen LogP) is 5.76. The van der Waals surface area contributed by atoms with Crippen LogP contribution in [0.1, 0.15) is 40.6 Å². The summed E-state index contributed by atoms with van der Waals surface area (Å²) < 4.78 is 5.28. The highest BCUT2D eigenvalue weighted by molar-refractivity contribution is 6.31. The summed E-state index contributed by atoms with van der Waals surface area (Å²) in [4.78, 5) is 7.30. The summed E-state index contributed by atoms with van der Waals surface area (Å²) in [6.45, 7) is 9.57. The van der Waals surface area contributed by atoms with Gasteiger partial charge in [-0.25, -0.2) is 4.99 Å². The first-order chi connectivity index (χ1) is 12.0. The van der Waals surface area contributed by atoms with Crippen LogP contribution in [-0.2, 0) is 6.42 Å². The number of H-pyrrole nitrogens is 1. The quantitative estimate of drug-likeness (QED) is 0.593. The number of allylic oxidation sites excluding steroid dienone is 1. The Morgan fingerprint density at radius 2 is 2.08 bits per heavy atom. The van der Waals surface area contributed by atoms with Crippen LogP contribution in [0.5, 0.6) is 0 Å². The van der Waals surface area contributed by atoms with Gasteiger partial charge >= 0.3 is 0 Å². The highest BCUT2D eigenvalue weighted by Gasteiger charge is 2.14. The van der Waals surface area contributed by atoms with E-state index in [9.17, 15) is 0 Å². The zero-order valence-corrected chi connectivity index (χ0v) is 15.3. The van der Waals surface area contributed by atoms with Crippen LogP contribution in [0.15, 0.2) is 40.0 Å². The molecule has 0 saturated carbocycles. The first-order valence-corrected chi connectivity index (χ1v) is 8.41. The molecule has 0 amide bonds. The highest BCUT2D eigenvalue weighted by atomic mass is 35.5. The second-order valence-electron chi connectivity index (χ2n) is 6.03. The minimum Gasteiger partial charge on any atom is -0.361 e. The van der Waals surface area contributed by atoms with Crippen molar-refractivity contribution >= 4 is 35.8 Å². The summed E-state index contributed by atoms with van der Waals surface area (Å²) >= 11 is 6.31. The Morgan fingerprint density at radius 3 is 2.72 bits per heavy atom. The molecule has 0 bridgehead atoms. The number of aryl methyl sites for hydroxylation is 2. The Kier molecular flexibility index (Phi) is 4.91. The molecule has 0 saturated heterocycles. The first-order valence-electron chi connectivity index (χ1n) is 8.03. The van der Waals surface area contributed by atoms with E-state index in [0.29, 0.717) is 6.42 Å². The molecular weight excluding hydrogens is 334 g/mol. The van der Waals surface area contributed by atoms with Gasteiger partial charge in [0.25, 0.3) is 0 Å². The normalized spacial score (nSPS) is 11.8. The van der Waals surface area contributed by atoms with Crippen LogP contribution in [0.25, 0.3) is 11.6 Å². The Balaban J connectivity index is 2.04. The number of nitrogens with one attached hydrogen (secondary N) is 1. The number of aliphatic imine (C=N–C) groups is 1. The van der Waals surface area contributed by atoms with E-state index >= 15 is 0 Å². The third kappa shape index (κ3) is 3.44. The summed E-state index contributed by atoms with van der Waals surface area (Å²) in [6.07, 6.45) is 4.77. The van der Waals surface area contributed by atoms with Crippen LogP contribution in [0, 0.1) is 13.8 Å². The number of benzene rings is 1. The predicted molar refractivity (Wildman–Crippen MR) is 104 cm³/mol. The lowest BCUT2D eigenvalue weighted by Gasteiger charge is -2.06. The summed E-state index contributed by atoms with van der Waals surface area (Å²) in [6, 6.07) is 7.86. The zero-order valence-electron chi connectivity index (χ0n) is 14.6. The molecule has 2 heterocycles. The van der Waals surface area contributed by atoms with Gasteiger partial charge in [-0.1, -0.05) is 35.0 Å². The van der Waals surface area contributed by atoms with Gasteiger partial charge in [0.15, 0.2) is 0 Å². The molecule has 0 aliphatic heterocycles. The van der Waals surface area contributed by atoms with Gasteiger partial charge in [0.2, 0.25) is 0 Å². The maximum atomic E-state index is 6.31. The molecule has 5 heteroatoms. The van der Waals surface area contributed by atoms with Crippen LogP contribution < -0.4 is 0 Å². The molecule has 2 aromatic heterocycles. The van der Waals surface area contributed by atoms with Crippen LogP contribution in [0.3, 0.4) is 0 Å². The van der Waals surface area contributed by atoms with E-state index in [-0.39, 0.29) is 0 Å². The standard InChI is InChI=1S/C20H20ClN3O/c1-12(19-13(2)24-25-14(19)3)9-17-16(11-23-20(17)22-4)10-15-7-5-6-8-18(15)21/h5-9,11,23H,4,10H2,1-3H3/b12-9+. The van der Waals surface area contributed by atoms with E-state index in [2.05, 4.69) is 27.9 Å². The molecule has 0 aliphatic carbocycles. The van der Waals surface area contributed by atoms with Crippen LogP contribution in [0.4, 0.5) is 5.82 Å². The van der Waals surface area contributed by atoms with Crippen molar-refractivity contribution in [3.8, 4) is 0 Å². The average molecular weight is 354 g/mol. The fourth-order valence-electron chi connectivity index (χ4n) is 3.08. The van der Waals surface area contributed by atoms with Gasteiger partial charge in [0.05, 0.1) is 5.69 Å². The molecule has 1 aromatic carbocycles. The summed E-state index contributed by atoms with van der Waals surface area (Å²) in [7, 11) is 0. The highest BCUT2D eigenvalue weighted by Crippen LogP contribution is 2.31. The van der Waals surface area contributed by atoms with Gasteiger partial charge in [0.1, 0.15) is 11.6 Å². The maximum Gasteiger partial charge on any atom is 0.141 e. The van der Waals surface area contributed by atoms with Crippen molar-refractivity contribution in [2.45, 2.75) is 27.2 Å². The van der Waals surface area contributed by atoms with Crippen molar-refractivity contribution < 1.29 is 4.52 Å². The minimum absolute atomic E-state index is 0.715. The summed E-state index contributed by atoms with van der Waals surface area (Å²) in [5.41, 5.74) is 6.17. The minimum atomic E-state index is 0.715. The molecule has 4 nitrogen and oxygen atoms in total. The Labute approximate surface area is 152 Å². The number of nitrogens with zero attached hydrogens (tertiary/aromatic N) is 2. The molecule has 0 spiro atoms. The lowest BCUT2D eigenvalue weighted by atomic mass is 9.99. The van der Waals surface area contributed by atoms with E-state index in [4.69, 9.17) is 16.1 Å². The van der Waals surface area contributed by atoms with Crippen molar-refractivity contribution in [1.29, 1.82) is 0 Å². The smallest absolute Gasteiger partial charge is 0.141 e. The monoisotopic (exact) mass is 353 g/mol. The second-order valence-corrected chi connectivity index (χ2v) is 6.44. The van der Waals surface area contributed by atoms with Gasteiger partial charge in [-0.3, -0.25) is 0 Å². The van der Waals surface area contributed by atoms with Gasteiger partial charge in [0, 0.05) is 28.8 Å². The fraction of sp³-hybridized carbons (Fsp3) is 0.200. The Bertz CT molecular complexity index is 930. The molecule has 3 rings (SSSR count). The van der Waals surface area contributed by atoms with Crippen molar-refractivity contribution in [2.75, 3.05) is 0 Å². The Hall–Kier alpha value is -2.59. The second kappa shape index (κ2) is 7.11. The van der Waals surface area contributed by atoms with Crippen LogP contribution >= 0.6 is 11.6 Å². The largest absolute Gasteiger partial charge is 0.361 e. The molecule has 128 valence electrons. The molecule has 25 heavy (non-hydrogen) atoms. The van der Waals surface area contributed by atoms with Gasteiger partial charge in [-0.05, 0) is 56.3 Å². The van der Waals surface area contributed by atoms with Crippen LogP contribution in [0.2, 0.25) is 5.02 Å². The van der Waals surface area contributed by atoms with E-state index in [1.54, 1.807) is 0 Å². The Morgan fingerprint density at radius 1 is 1.32 bits per heavy atom. The summed E-state index contributed by atoms with van der Waals surface area (Å²) in [5, 5.41) is 4.79. The molecule has 0 atom stereocenters. The number of halogens is 1. The van der Waals surface area contributed by atoms with Crippen molar-refractivity contribution in [3.05, 3.63) is 69.2 Å². The molecule has 3 aromatic rings. The van der Waals surface area contributed by atoms with Crippen molar-refractivity contribution in [3.63, 3.8) is 0 Å². The number of aromatic nitrogens is 2. The molecule has 0 fully saturated rings. The van der Waals surface area contributed by atoms with Gasteiger partial charge in [-0.15, -0.1) is 0 Å². The van der Waals surface area contributed by atoms with E-state index in [0.717, 1.165) is 50.1 Å². The molecule has 1 N–H and O–H groups in total. The van der Waals surface area contributed by atoms with Gasteiger partial charge in [-0.2, -0.15) is 0 Å². The zero-order chi connectivity index (χ0) is 18.0. The van der Waals surface area contributed by atoms with Crippen molar-refractivity contribution in [1.82, 2.24) is 10.1 Å². The SMILES string of the molecule is C=Nc1[nH]cc(Cc2ccccc2Cl)c1/C=C(\C)c1c(C)noc1C. The van der Waals surface area contributed by atoms with E-state index in [1.165, 1.54) is 0 Å². The molecule has 0 radical (unpaired) electrons. The average Bonchev–Trinajstić information content (AvgIpc) is 3.12. The number of hydrogen-bond donors (Lipinski definition) is 1. The first kappa shape index (κ1) is 17.2. The molecule has 0 aliphatic rings. The van der Waals surface area contributed by atoms with E-state index in [1.807, 2.05) is 51.2 Å². The topological polar surface area (TPSA) is 54.2 Å². The van der Waals surface area contributed by atoms with E-state index < -0.39 is 0 Å².